The van der Waals surface area contributed by atoms with Crippen LogP contribution in [0, 0.1) is 0 Å². The van der Waals surface area contributed by atoms with Crippen LogP contribution in [0.2, 0.25) is 5.02 Å². The van der Waals surface area contributed by atoms with E-state index in [1.54, 1.807) is 6.92 Å². The Morgan fingerprint density at radius 3 is 2.58 bits per heavy atom. The Kier molecular flexibility index (Phi) is 5.09. The fourth-order valence-corrected chi connectivity index (χ4v) is 3.85. The molecule has 1 atom stereocenters. The Balaban J connectivity index is 1.87. The molecule has 10 heteroatoms. The second-order valence-electron chi connectivity index (χ2n) is 7.03. The first kappa shape index (κ1) is 21.0. The molecule has 0 radical (unpaired) electrons. The molecule has 1 unspecified atom stereocenters. The van der Waals surface area contributed by atoms with Crippen molar-refractivity contribution in [3.05, 3.63) is 68.5 Å². The topological polar surface area (TPSA) is 80.6 Å². The highest BCUT2D eigenvalue weighted by atomic mass is 35.5. The van der Waals surface area contributed by atoms with Gasteiger partial charge in [-0.3, -0.25) is 14.2 Å². The Bertz CT molecular complexity index is 1250. The average Bonchev–Trinajstić information content (AvgIpc) is 2.71. The minimum atomic E-state index is -4.48. The summed E-state index contributed by atoms with van der Waals surface area (Å²) in [5.74, 6) is -1.08. The molecule has 0 saturated carbocycles. The quantitative estimate of drug-likeness (QED) is 0.622. The molecule has 1 aromatic heterocycles. The van der Waals surface area contributed by atoms with E-state index in [2.05, 4.69) is 5.32 Å². The third-order valence-electron chi connectivity index (χ3n) is 5.05. The van der Waals surface area contributed by atoms with Gasteiger partial charge in [-0.05, 0) is 30.7 Å². The van der Waals surface area contributed by atoms with Gasteiger partial charge in [0, 0.05) is 23.0 Å². The van der Waals surface area contributed by atoms with Gasteiger partial charge in [-0.1, -0.05) is 23.7 Å². The lowest BCUT2D eigenvalue weighted by molar-refractivity contribution is -0.137. The summed E-state index contributed by atoms with van der Waals surface area (Å²) in [5, 5.41) is 13.5. The lowest BCUT2D eigenvalue weighted by Crippen LogP contribution is -2.36. The summed E-state index contributed by atoms with van der Waals surface area (Å²) >= 11 is 6.14. The zero-order chi connectivity index (χ0) is 22.5. The van der Waals surface area contributed by atoms with Crippen LogP contribution in [0.1, 0.15) is 34.5 Å². The summed E-state index contributed by atoms with van der Waals surface area (Å²) in [4.78, 5) is 25.5. The first-order valence-electron chi connectivity index (χ1n) is 9.32. The number of aromatic hydroxyl groups is 1. The minimum Gasteiger partial charge on any atom is -0.506 e. The van der Waals surface area contributed by atoms with Gasteiger partial charge in [0.2, 0.25) is 0 Å². The molecule has 6 nitrogen and oxygen atoms in total. The van der Waals surface area contributed by atoms with E-state index in [-0.39, 0.29) is 34.8 Å². The molecule has 4 rings (SSSR count). The fraction of sp³-hybridized carbons (Fsp3) is 0.238. The molecular formula is C21H16ClF3N2O4. The zero-order valence-electron chi connectivity index (χ0n) is 16.1. The second-order valence-corrected chi connectivity index (χ2v) is 7.46. The van der Waals surface area contributed by atoms with Gasteiger partial charge in [0.1, 0.15) is 23.2 Å². The first-order chi connectivity index (χ1) is 14.6. The van der Waals surface area contributed by atoms with Crippen LogP contribution in [0.25, 0.3) is 10.9 Å². The third kappa shape index (κ3) is 3.59. The van der Waals surface area contributed by atoms with Crippen LogP contribution < -0.4 is 15.6 Å². The monoisotopic (exact) mass is 452 g/mol. The molecule has 0 fully saturated rings. The van der Waals surface area contributed by atoms with Crippen molar-refractivity contribution in [2.75, 3.05) is 6.54 Å². The van der Waals surface area contributed by atoms with E-state index in [1.807, 2.05) is 0 Å². The lowest BCUT2D eigenvalue weighted by atomic mass is 10.0. The van der Waals surface area contributed by atoms with Crippen molar-refractivity contribution in [1.82, 2.24) is 9.88 Å². The molecule has 0 aliphatic carbocycles. The first-order valence-corrected chi connectivity index (χ1v) is 9.70. The minimum absolute atomic E-state index is 0.0674. The molecule has 162 valence electrons. The number of hydrogen-bond acceptors (Lipinski definition) is 4. The Morgan fingerprint density at radius 2 is 1.97 bits per heavy atom. The molecular weight excluding hydrogens is 437 g/mol. The summed E-state index contributed by atoms with van der Waals surface area (Å²) in [6.07, 6.45) is -5.28. The predicted octanol–water partition coefficient (Wildman–Crippen LogP) is 4.26. The van der Waals surface area contributed by atoms with Crippen LogP contribution >= 0.6 is 11.6 Å². The molecule has 2 heterocycles. The van der Waals surface area contributed by atoms with Gasteiger partial charge in [0.25, 0.3) is 11.5 Å². The molecule has 1 aliphatic heterocycles. The third-order valence-corrected chi connectivity index (χ3v) is 5.27. The van der Waals surface area contributed by atoms with Gasteiger partial charge in [0.15, 0.2) is 0 Å². The van der Waals surface area contributed by atoms with E-state index >= 15 is 0 Å². The van der Waals surface area contributed by atoms with E-state index in [0.29, 0.717) is 5.56 Å². The molecule has 0 bridgehead atoms. The molecule has 31 heavy (non-hydrogen) atoms. The van der Waals surface area contributed by atoms with Crippen LogP contribution in [-0.2, 0) is 12.7 Å². The number of aromatic nitrogens is 1. The highest BCUT2D eigenvalue weighted by Gasteiger charge is 2.32. The van der Waals surface area contributed by atoms with Crippen molar-refractivity contribution in [3.63, 3.8) is 0 Å². The number of ether oxygens (including phenoxy) is 1. The number of carbonyl (C=O) groups excluding carboxylic acids is 1. The lowest BCUT2D eigenvalue weighted by Gasteiger charge is -2.29. The van der Waals surface area contributed by atoms with E-state index in [4.69, 9.17) is 16.3 Å². The summed E-state index contributed by atoms with van der Waals surface area (Å²) < 4.78 is 45.8. The maximum atomic E-state index is 13.1. The largest absolute Gasteiger partial charge is 0.506 e. The summed E-state index contributed by atoms with van der Waals surface area (Å²) in [7, 11) is 0. The number of rotatable bonds is 3. The molecule has 3 aromatic rings. The Hall–Kier alpha value is -3.20. The standard InChI is InChI=1S/C21H16ClF3N2O4/c1-2-26-19(29)16-18(28)13-7-12(22)8-14-17(13)27(20(16)30)9-15(31-14)10-3-5-11(6-4-10)21(23,24)25/h3-8,15,28H,2,9H2,1H3,(H,26,29). The highest BCUT2D eigenvalue weighted by Crippen LogP contribution is 2.41. The number of nitrogens with zero attached hydrogens (tertiary/aromatic N) is 1. The van der Waals surface area contributed by atoms with Crippen molar-refractivity contribution < 1.29 is 27.8 Å². The maximum Gasteiger partial charge on any atom is 0.416 e. The van der Waals surface area contributed by atoms with E-state index < -0.39 is 40.6 Å². The summed E-state index contributed by atoms with van der Waals surface area (Å²) in [6, 6.07) is 7.27. The van der Waals surface area contributed by atoms with Crippen LogP contribution in [0.15, 0.2) is 41.2 Å². The fourth-order valence-electron chi connectivity index (χ4n) is 3.64. The zero-order valence-corrected chi connectivity index (χ0v) is 16.8. The number of hydrogen-bond donors (Lipinski definition) is 2. The normalized spacial score (nSPS) is 15.6. The Morgan fingerprint density at radius 1 is 1.29 bits per heavy atom. The summed E-state index contributed by atoms with van der Waals surface area (Å²) in [6.45, 7) is 1.84. The van der Waals surface area contributed by atoms with Crippen molar-refractivity contribution in [2.45, 2.75) is 25.7 Å². The number of alkyl halides is 3. The van der Waals surface area contributed by atoms with Crippen molar-refractivity contribution in [3.8, 4) is 11.5 Å². The smallest absolute Gasteiger partial charge is 0.416 e. The van der Waals surface area contributed by atoms with Gasteiger partial charge in [-0.2, -0.15) is 13.2 Å². The molecule has 1 amide bonds. The van der Waals surface area contributed by atoms with Crippen LogP contribution in [-0.4, -0.2) is 22.1 Å². The SMILES string of the molecule is CCNC(=O)c1c(O)c2cc(Cl)cc3c2n(c1=O)CC(c1ccc(C(F)(F)F)cc1)O3. The average molecular weight is 453 g/mol. The number of benzene rings is 2. The van der Waals surface area contributed by atoms with Crippen LogP contribution in [0.3, 0.4) is 0 Å². The number of carbonyl (C=O) groups is 1. The maximum absolute atomic E-state index is 13.1. The van der Waals surface area contributed by atoms with Gasteiger partial charge in [-0.25, -0.2) is 0 Å². The van der Waals surface area contributed by atoms with Crippen molar-refractivity contribution in [1.29, 1.82) is 0 Å². The van der Waals surface area contributed by atoms with E-state index in [9.17, 15) is 27.9 Å². The van der Waals surface area contributed by atoms with E-state index in [1.165, 1.54) is 28.8 Å². The van der Waals surface area contributed by atoms with Crippen LogP contribution in [0.5, 0.6) is 11.5 Å². The Labute approximate surface area is 178 Å². The molecule has 0 saturated heterocycles. The summed E-state index contributed by atoms with van der Waals surface area (Å²) in [5.41, 5.74) is -1.32. The molecule has 1 aliphatic rings. The van der Waals surface area contributed by atoms with Gasteiger partial charge < -0.3 is 15.2 Å². The molecule has 2 N–H and O–H groups in total. The van der Waals surface area contributed by atoms with Gasteiger partial charge in [-0.15, -0.1) is 0 Å². The molecule has 2 aromatic carbocycles. The number of nitrogens with one attached hydrogen (secondary N) is 1. The van der Waals surface area contributed by atoms with Crippen molar-refractivity contribution in [2.24, 2.45) is 0 Å². The number of amides is 1. The van der Waals surface area contributed by atoms with Gasteiger partial charge >= 0.3 is 6.18 Å². The molecule has 0 spiro atoms. The predicted molar refractivity (Wildman–Crippen MR) is 108 cm³/mol. The number of pyridine rings is 1. The van der Waals surface area contributed by atoms with Crippen molar-refractivity contribution >= 4 is 28.4 Å². The second kappa shape index (κ2) is 7.49. The van der Waals surface area contributed by atoms with E-state index in [0.717, 1.165) is 12.1 Å². The van der Waals surface area contributed by atoms with Gasteiger partial charge in [0.05, 0.1) is 17.6 Å². The number of halogens is 4. The highest BCUT2D eigenvalue weighted by molar-refractivity contribution is 6.31. The van der Waals surface area contributed by atoms with Crippen LogP contribution in [0.4, 0.5) is 13.2 Å².